The topological polar surface area (TPSA) is 49.8 Å². The molecule has 1 atom stereocenters. The summed E-state index contributed by atoms with van der Waals surface area (Å²) in [6.45, 7) is 0. The van der Waals surface area contributed by atoms with Crippen LogP contribution in [0.5, 0.6) is 0 Å². The fourth-order valence-corrected chi connectivity index (χ4v) is 1.03. The molecular formula is C7H6FN2P. The van der Waals surface area contributed by atoms with E-state index in [4.69, 9.17) is 11.0 Å². The van der Waals surface area contributed by atoms with E-state index in [1.54, 1.807) is 0 Å². The van der Waals surface area contributed by atoms with Crippen molar-refractivity contribution in [2.45, 2.75) is 0 Å². The summed E-state index contributed by atoms with van der Waals surface area (Å²) in [5.41, 5.74) is 5.60. The third kappa shape index (κ3) is 1.47. The third-order valence-corrected chi connectivity index (χ3v) is 1.77. The summed E-state index contributed by atoms with van der Waals surface area (Å²) >= 11 is 0. The van der Waals surface area contributed by atoms with Crippen LogP contribution in [-0.4, -0.2) is 0 Å². The molecule has 1 rings (SSSR count). The van der Waals surface area contributed by atoms with Gasteiger partial charge in [-0.1, -0.05) is 0 Å². The molecule has 0 spiro atoms. The Morgan fingerprint density at radius 3 is 2.73 bits per heavy atom. The number of hydrogen-bond donors (Lipinski definition) is 1. The van der Waals surface area contributed by atoms with Crippen molar-refractivity contribution in [2.24, 2.45) is 0 Å². The lowest BCUT2D eigenvalue weighted by Gasteiger charge is -1.99. The highest BCUT2D eigenvalue weighted by atomic mass is 31.0. The predicted molar refractivity (Wildman–Crippen MR) is 44.9 cm³/mol. The predicted octanol–water partition coefficient (Wildman–Crippen LogP) is 0.780. The van der Waals surface area contributed by atoms with E-state index in [9.17, 15) is 4.39 Å². The van der Waals surface area contributed by atoms with Gasteiger partial charge in [0.05, 0.1) is 17.3 Å². The summed E-state index contributed by atoms with van der Waals surface area (Å²) < 4.78 is 12.7. The van der Waals surface area contributed by atoms with Gasteiger partial charge in [-0.25, -0.2) is 4.39 Å². The van der Waals surface area contributed by atoms with Crippen LogP contribution in [0, 0.1) is 17.1 Å². The van der Waals surface area contributed by atoms with Crippen LogP contribution in [0.1, 0.15) is 5.56 Å². The van der Waals surface area contributed by atoms with Gasteiger partial charge < -0.3 is 5.73 Å². The molecule has 2 nitrogen and oxygen atoms in total. The number of nitriles is 1. The van der Waals surface area contributed by atoms with E-state index in [1.807, 2.05) is 6.07 Å². The summed E-state index contributed by atoms with van der Waals surface area (Å²) in [7, 11) is 2.32. The normalized spacial score (nSPS) is 9.18. The number of halogens is 1. The van der Waals surface area contributed by atoms with Crippen molar-refractivity contribution in [2.75, 3.05) is 5.73 Å². The van der Waals surface area contributed by atoms with Gasteiger partial charge in [-0.05, 0) is 17.4 Å². The molecule has 0 aliphatic heterocycles. The Kier molecular flexibility index (Phi) is 2.07. The average Bonchev–Trinajstić information content (AvgIpc) is 1.97. The van der Waals surface area contributed by atoms with Gasteiger partial charge in [0.2, 0.25) is 0 Å². The lowest BCUT2D eigenvalue weighted by Crippen LogP contribution is -2.02. The average molecular weight is 168 g/mol. The minimum Gasteiger partial charge on any atom is -0.396 e. The van der Waals surface area contributed by atoms with E-state index in [1.165, 1.54) is 6.07 Å². The molecule has 0 saturated carbocycles. The van der Waals surface area contributed by atoms with Crippen LogP contribution >= 0.6 is 9.24 Å². The van der Waals surface area contributed by atoms with E-state index in [0.717, 1.165) is 6.07 Å². The molecule has 0 heterocycles. The second-order valence-electron chi connectivity index (χ2n) is 2.07. The molecular weight excluding hydrogens is 162 g/mol. The van der Waals surface area contributed by atoms with Gasteiger partial charge in [0.25, 0.3) is 0 Å². The van der Waals surface area contributed by atoms with Crippen molar-refractivity contribution >= 4 is 20.2 Å². The highest BCUT2D eigenvalue weighted by molar-refractivity contribution is 7.27. The minimum atomic E-state index is -0.548. The van der Waals surface area contributed by atoms with Crippen LogP contribution in [0.3, 0.4) is 0 Å². The van der Waals surface area contributed by atoms with E-state index >= 15 is 0 Å². The molecule has 0 radical (unpaired) electrons. The summed E-state index contributed by atoms with van der Waals surface area (Å²) in [5, 5.41) is 9.08. The molecule has 1 aromatic carbocycles. The minimum absolute atomic E-state index is 0.0639. The van der Waals surface area contributed by atoms with Crippen LogP contribution in [0.25, 0.3) is 0 Å². The molecule has 1 aromatic rings. The number of benzene rings is 1. The Morgan fingerprint density at radius 1 is 1.55 bits per heavy atom. The number of nitrogens with two attached hydrogens (primary N) is 1. The largest absolute Gasteiger partial charge is 0.396 e. The van der Waals surface area contributed by atoms with Gasteiger partial charge in [0.15, 0.2) is 0 Å². The fraction of sp³-hybridized carbons (Fsp3) is 0. The summed E-state index contributed by atoms with van der Waals surface area (Å²) in [6.07, 6.45) is 0. The van der Waals surface area contributed by atoms with Crippen molar-refractivity contribution in [3.63, 3.8) is 0 Å². The highest BCUT2D eigenvalue weighted by Gasteiger charge is 2.02. The van der Waals surface area contributed by atoms with Gasteiger partial charge in [-0.15, -0.1) is 9.24 Å². The molecule has 0 aliphatic carbocycles. The molecule has 4 heteroatoms. The van der Waals surface area contributed by atoms with Crippen LogP contribution in [0.15, 0.2) is 12.1 Å². The Bertz CT molecular complexity index is 330. The van der Waals surface area contributed by atoms with Gasteiger partial charge in [-0.2, -0.15) is 5.26 Å². The number of hydrogen-bond acceptors (Lipinski definition) is 2. The number of nitrogen functional groups attached to an aromatic ring is 1. The van der Waals surface area contributed by atoms with E-state index in [2.05, 4.69) is 9.24 Å². The molecule has 0 aliphatic rings. The van der Waals surface area contributed by atoms with Crippen molar-refractivity contribution in [1.82, 2.24) is 0 Å². The lowest BCUT2D eigenvalue weighted by atomic mass is 10.2. The number of nitrogens with zero attached hydrogens (tertiary/aromatic N) is 1. The summed E-state index contributed by atoms with van der Waals surface area (Å²) in [4.78, 5) is 0. The molecule has 0 aromatic heterocycles. The Balaban J connectivity index is 3.35. The van der Waals surface area contributed by atoms with Gasteiger partial charge in [-0.3, -0.25) is 0 Å². The zero-order chi connectivity index (χ0) is 8.43. The summed E-state index contributed by atoms with van der Waals surface area (Å²) in [6, 6.07) is 4.38. The van der Waals surface area contributed by atoms with Gasteiger partial charge in [0.1, 0.15) is 5.82 Å². The first kappa shape index (κ1) is 7.97. The van der Waals surface area contributed by atoms with Crippen molar-refractivity contribution in [3.05, 3.63) is 23.5 Å². The molecule has 0 amide bonds. The van der Waals surface area contributed by atoms with Crippen LogP contribution in [-0.2, 0) is 0 Å². The Labute approximate surface area is 66.0 Å². The standard InChI is InChI=1S/C7H6FN2P/c8-5-1-4(3-9)7(11)2-6(5)10/h1-2H,10-11H2. The molecule has 11 heavy (non-hydrogen) atoms. The molecule has 56 valence electrons. The smallest absolute Gasteiger partial charge is 0.147 e. The third-order valence-electron chi connectivity index (χ3n) is 1.29. The zero-order valence-corrected chi connectivity index (χ0v) is 6.79. The molecule has 1 unspecified atom stereocenters. The van der Waals surface area contributed by atoms with E-state index in [0.29, 0.717) is 10.9 Å². The lowest BCUT2D eigenvalue weighted by molar-refractivity contribution is 0.632. The molecule has 2 N–H and O–H groups in total. The maximum atomic E-state index is 12.7. The second-order valence-corrected chi connectivity index (χ2v) is 2.69. The van der Waals surface area contributed by atoms with Crippen LogP contribution in [0.4, 0.5) is 10.1 Å². The maximum Gasteiger partial charge on any atom is 0.147 e. The summed E-state index contributed by atoms with van der Waals surface area (Å²) in [5.74, 6) is -0.548. The van der Waals surface area contributed by atoms with E-state index < -0.39 is 5.82 Å². The monoisotopic (exact) mass is 168 g/mol. The van der Waals surface area contributed by atoms with Crippen molar-refractivity contribution < 1.29 is 4.39 Å². The maximum absolute atomic E-state index is 12.7. The van der Waals surface area contributed by atoms with Gasteiger partial charge >= 0.3 is 0 Å². The highest BCUT2D eigenvalue weighted by Crippen LogP contribution is 2.11. The first-order valence-corrected chi connectivity index (χ1v) is 3.47. The second kappa shape index (κ2) is 2.86. The number of anilines is 1. The molecule has 0 fully saturated rings. The molecule has 0 saturated heterocycles. The SMILES string of the molecule is N#Cc1cc(F)c(N)cc1P. The van der Waals surface area contributed by atoms with Gasteiger partial charge in [0, 0.05) is 0 Å². The van der Waals surface area contributed by atoms with E-state index in [-0.39, 0.29) is 5.69 Å². The Morgan fingerprint density at radius 2 is 2.18 bits per heavy atom. The quantitative estimate of drug-likeness (QED) is 0.459. The number of rotatable bonds is 0. The fourth-order valence-electron chi connectivity index (χ4n) is 0.704. The first-order valence-electron chi connectivity index (χ1n) is 2.89. The van der Waals surface area contributed by atoms with Crippen LogP contribution < -0.4 is 11.0 Å². The van der Waals surface area contributed by atoms with Crippen molar-refractivity contribution in [3.8, 4) is 6.07 Å². The first-order chi connectivity index (χ1) is 5.15. The van der Waals surface area contributed by atoms with Crippen LogP contribution in [0.2, 0.25) is 0 Å². The Hall–Kier alpha value is -1.13. The zero-order valence-electron chi connectivity index (χ0n) is 5.63. The molecule has 0 bridgehead atoms. The van der Waals surface area contributed by atoms with Crippen molar-refractivity contribution in [1.29, 1.82) is 5.26 Å².